The maximum absolute atomic E-state index is 12.6. The zero-order valence-electron chi connectivity index (χ0n) is 15.7. The van der Waals surface area contributed by atoms with E-state index in [0.717, 1.165) is 22.5 Å². The first-order valence-corrected chi connectivity index (χ1v) is 11.0. The summed E-state index contributed by atoms with van der Waals surface area (Å²) in [6, 6.07) is 16.1. The number of benzene rings is 2. The normalized spacial score (nSPS) is 14.4. The maximum atomic E-state index is 12.6. The summed E-state index contributed by atoms with van der Waals surface area (Å²) in [5.41, 5.74) is -0.581. The SMILES string of the molecule is C[C@](O)(NC(=O)OCc1ccccc1)[P+](=O)CC(Cc1ccc(Br)cc1)C(=O)O. The molecule has 7 nitrogen and oxygen atoms in total. The van der Waals surface area contributed by atoms with Gasteiger partial charge >= 0.3 is 25.3 Å². The molecule has 0 saturated carbocycles. The molecule has 2 aromatic rings. The van der Waals surface area contributed by atoms with Crippen molar-refractivity contribution < 1.29 is 29.1 Å². The predicted octanol–water partition coefficient (Wildman–Crippen LogP) is 4.11. The number of carbonyl (C=O) groups excluding carboxylic acids is 1. The van der Waals surface area contributed by atoms with Gasteiger partial charge in [0.05, 0.1) is 0 Å². The van der Waals surface area contributed by atoms with Crippen LogP contribution in [-0.4, -0.2) is 33.9 Å². The summed E-state index contributed by atoms with van der Waals surface area (Å²) < 4.78 is 18.5. The number of nitrogens with one attached hydrogen (secondary N) is 1. The molecular weight excluding hydrogens is 461 g/mol. The van der Waals surface area contributed by atoms with E-state index in [4.69, 9.17) is 4.74 Å². The number of amides is 1. The van der Waals surface area contributed by atoms with Crippen molar-refractivity contribution in [1.82, 2.24) is 5.32 Å². The maximum Gasteiger partial charge on any atom is 0.413 e. The van der Waals surface area contributed by atoms with Gasteiger partial charge in [-0.25, -0.2) is 4.79 Å². The molecule has 0 fully saturated rings. The van der Waals surface area contributed by atoms with Crippen LogP contribution < -0.4 is 5.32 Å². The van der Waals surface area contributed by atoms with Gasteiger partial charge in [0, 0.05) is 11.4 Å². The Hall–Kier alpha value is -2.28. The van der Waals surface area contributed by atoms with Crippen LogP contribution in [0.15, 0.2) is 59.1 Å². The number of carbonyl (C=O) groups is 2. The molecule has 1 amide bonds. The Labute approximate surface area is 178 Å². The molecule has 9 heteroatoms. The topological polar surface area (TPSA) is 113 Å². The Balaban J connectivity index is 1.93. The fourth-order valence-corrected chi connectivity index (χ4v) is 4.05. The zero-order valence-corrected chi connectivity index (χ0v) is 18.2. The number of carboxylic acid groups (broad SMARTS) is 1. The van der Waals surface area contributed by atoms with Gasteiger partial charge in [-0.05, 0) is 29.7 Å². The number of ether oxygens (including phenoxy) is 1. The van der Waals surface area contributed by atoms with Crippen molar-refractivity contribution in [3.05, 3.63) is 70.2 Å². The molecule has 2 unspecified atom stereocenters. The van der Waals surface area contributed by atoms with E-state index in [-0.39, 0.29) is 19.2 Å². The molecule has 0 heterocycles. The van der Waals surface area contributed by atoms with Gasteiger partial charge in [0.1, 0.15) is 12.5 Å². The van der Waals surface area contributed by atoms with E-state index in [0.29, 0.717) is 0 Å². The lowest BCUT2D eigenvalue weighted by molar-refractivity contribution is -0.140. The largest absolute Gasteiger partial charge is 0.481 e. The smallest absolute Gasteiger partial charge is 0.413 e. The van der Waals surface area contributed by atoms with Crippen LogP contribution in [0.4, 0.5) is 4.79 Å². The Morgan fingerprint density at radius 1 is 1.14 bits per heavy atom. The molecule has 0 aliphatic carbocycles. The molecule has 29 heavy (non-hydrogen) atoms. The van der Waals surface area contributed by atoms with Crippen LogP contribution in [0.25, 0.3) is 0 Å². The molecule has 154 valence electrons. The molecular formula is C20H22BrNO6P+. The summed E-state index contributed by atoms with van der Waals surface area (Å²) in [7, 11) is -2.49. The van der Waals surface area contributed by atoms with Gasteiger partial charge in [0.2, 0.25) is 0 Å². The van der Waals surface area contributed by atoms with Crippen LogP contribution in [0.2, 0.25) is 0 Å². The Morgan fingerprint density at radius 2 is 1.76 bits per heavy atom. The van der Waals surface area contributed by atoms with Gasteiger partial charge in [-0.15, -0.1) is 0 Å². The lowest BCUT2D eigenvalue weighted by Crippen LogP contribution is -2.44. The van der Waals surface area contributed by atoms with Gasteiger partial charge in [-0.1, -0.05) is 63.0 Å². The van der Waals surface area contributed by atoms with Crippen LogP contribution in [0, 0.1) is 5.92 Å². The van der Waals surface area contributed by atoms with Gasteiger partial charge in [-0.3, -0.25) is 10.1 Å². The molecule has 3 atom stereocenters. The molecule has 2 rings (SSSR count). The van der Waals surface area contributed by atoms with E-state index in [1.807, 2.05) is 6.07 Å². The third-order valence-electron chi connectivity index (χ3n) is 4.17. The molecule has 0 spiro atoms. The minimum Gasteiger partial charge on any atom is -0.481 e. The highest BCUT2D eigenvalue weighted by molar-refractivity contribution is 9.10. The quantitative estimate of drug-likeness (QED) is 0.366. The van der Waals surface area contributed by atoms with Crippen molar-refractivity contribution in [2.45, 2.75) is 25.4 Å². The second kappa shape index (κ2) is 10.5. The van der Waals surface area contributed by atoms with Gasteiger partial charge < -0.3 is 14.9 Å². The molecule has 0 aliphatic heterocycles. The summed E-state index contributed by atoms with van der Waals surface area (Å²) in [4.78, 5) is 23.5. The van der Waals surface area contributed by atoms with Gasteiger partial charge in [0.15, 0.2) is 6.16 Å². The summed E-state index contributed by atoms with van der Waals surface area (Å²) in [6.07, 6.45) is -1.09. The summed E-state index contributed by atoms with van der Waals surface area (Å²) in [5.74, 6) is -2.10. The lowest BCUT2D eigenvalue weighted by Gasteiger charge is -2.16. The van der Waals surface area contributed by atoms with Gasteiger partial charge in [0.25, 0.3) is 0 Å². The first kappa shape index (κ1) is 23.0. The Bertz CT molecular complexity index is 857. The van der Waals surface area contributed by atoms with Gasteiger partial charge in [-0.2, -0.15) is 0 Å². The predicted molar refractivity (Wildman–Crippen MR) is 112 cm³/mol. The first-order chi connectivity index (χ1) is 13.7. The van der Waals surface area contributed by atoms with Crippen molar-refractivity contribution in [2.24, 2.45) is 5.92 Å². The number of hydrogen-bond donors (Lipinski definition) is 3. The Kier molecular flexibility index (Phi) is 8.32. The lowest BCUT2D eigenvalue weighted by atomic mass is 10.0. The number of halogens is 1. The minimum atomic E-state index is -2.49. The van der Waals surface area contributed by atoms with E-state index in [9.17, 15) is 24.4 Å². The van der Waals surface area contributed by atoms with E-state index in [1.54, 1.807) is 48.5 Å². The second-order valence-corrected chi connectivity index (χ2v) is 9.54. The summed E-state index contributed by atoms with van der Waals surface area (Å²) in [5, 5.41) is 22.0. The number of aliphatic carboxylic acids is 1. The first-order valence-electron chi connectivity index (χ1n) is 8.80. The molecule has 2 aromatic carbocycles. The molecule has 0 aliphatic rings. The molecule has 3 N–H and O–H groups in total. The van der Waals surface area contributed by atoms with Crippen molar-refractivity contribution in [2.75, 3.05) is 6.16 Å². The molecule has 0 bridgehead atoms. The van der Waals surface area contributed by atoms with Crippen molar-refractivity contribution in [1.29, 1.82) is 0 Å². The number of aliphatic hydroxyl groups is 1. The van der Waals surface area contributed by atoms with Crippen molar-refractivity contribution >= 4 is 35.8 Å². The summed E-state index contributed by atoms with van der Waals surface area (Å²) >= 11 is 3.31. The number of hydrogen-bond acceptors (Lipinski definition) is 5. The standard InChI is InChI=1S/C20H21BrNO6P/c1-20(26,22-19(25)28-12-15-5-3-2-4-6-15)29(27)13-16(18(23)24)11-14-7-9-17(21)10-8-14/h2-10,16,26H,11-13H2,1H3,(H-,22,23,24,25)/p+1/t16?,20-/m1/s1. The van der Waals surface area contributed by atoms with Crippen LogP contribution in [0.3, 0.4) is 0 Å². The van der Waals surface area contributed by atoms with E-state index >= 15 is 0 Å². The molecule has 0 saturated heterocycles. The van der Waals surface area contributed by atoms with Crippen molar-refractivity contribution in [3.8, 4) is 0 Å². The monoisotopic (exact) mass is 482 g/mol. The Morgan fingerprint density at radius 3 is 2.34 bits per heavy atom. The van der Waals surface area contributed by atoms with Crippen LogP contribution in [-0.2, 0) is 27.1 Å². The minimum absolute atomic E-state index is 0.0130. The van der Waals surface area contributed by atoms with E-state index in [2.05, 4.69) is 21.2 Å². The van der Waals surface area contributed by atoms with Crippen LogP contribution in [0.1, 0.15) is 18.1 Å². The molecule has 0 radical (unpaired) electrons. The number of carboxylic acids is 1. The second-order valence-electron chi connectivity index (χ2n) is 6.63. The van der Waals surface area contributed by atoms with E-state index in [1.165, 1.54) is 0 Å². The summed E-state index contributed by atoms with van der Waals surface area (Å²) in [6.45, 7) is 1.15. The average molecular weight is 483 g/mol. The third kappa shape index (κ3) is 7.57. The fraction of sp³-hybridized carbons (Fsp3) is 0.300. The van der Waals surface area contributed by atoms with Crippen molar-refractivity contribution in [3.63, 3.8) is 0 Å². The van der Waals surface area contributed by atoms with Crippen LogP contribution in [0.5, 0.6) is 0 Å². The highest BCUT2D eigenvalue weighted by atomic mass is 79.9. The average Bonchev–Trinajstić information content (AvgIpc) is 2.67. The molecule has 0 aromatic heterocycles. The third-order valence-corrected chi connectivity index (χ3v) is 6.55. The van der Waals surface area contributed by atoms with Crippen LogP contribution >= 0.6 is 23.7 Å². The number of alkyl carbamates (subject to hydrolysis) is 1. The highest BCUT2D eigenvalue weighted by Crippen LogP contribution is 2.37. The zero-order chi connectivity index (χ0) is 21.4. The highest BCUT2D eigenvalue weighted by Gasteiger charge is 2.47. The fourth-order valence-electron chi connectivity index (χ4n) is 2.53. The number of rotatable bonds is 9. The van der Waals surface area contributed by atoms with E-state index < -0.39 is 31.2 Å².